The number of methoxy groups -OCH3 is 1. The van der Waals surface area contributed by atoms with Gasteiger partial charge in [0.25, 0.3) is 0 Å². The third-order valence-corrected chi connectivity index (χ3v) is 3.90. The third kappa shape index (κ3) is 3.87. The van der Waals surface area contributed by atoms with Crippen LogP contribution in [0.3, 0.4) is 0 Å². The van der Waals surface area contributed by atoms with Gasteiger partial charge in [-0.2, -0.15) is 0 Å². The lowest BCUT2D eigenvalue weighted by Gasteiger charge is -2.11. The van der Waals surface area contributed by atoms with E-state index in [1.165, 1.54) is 12.1 Å². The van der Waals surface area contributed by atoms with Crippen molar-refractivity contribution in [2.75, 3.05) is 18.2 Å². The standard InChI is InChI=1S/C14H17N3O3S/c1-20-11-4-2-10(3-5-11)9-17-14-7-6-12(8-13(14)15)21(16,18)19/h2-8,17H,9,15H2,1H3,(H2,16,18,19). The molecule has 0 bridgehead atoms. The summed E-state index contributed by atoms with van der Waals surface area (Å²) in [6.45, 7) is 0.558. The fraction of sp³-hybridized carbons (Fsp3) is 0.143. The molecule has 6 nitrogen and oxygen atoms in total. The van der Waals surface area contributed by atoms with E-state index in [0.717, 1.165) is 11.3 Å². The van der Waals surface area contributed by atoms with Crippen LogP contribution in [0.2, 0.25) is 0 Å². The zero-order valence-corrected chi connectivity index (χ0v) is 12.4. The molecule has 0 heterocycles. The van der Waals surface area contributed by atoms with E-state index < -0.39 is 10.0 Å². The van der Waals surface area contributed by atoms with Crippen LogP contribution in [-0.2, 0) is 16.6 Å². The number of nitrogens with two attached hydrogens (primary N) is 2. The van der Waals surface area contributed by atoms with Crippen LogP contribution in [0.1, 0.15) is 5.56 Å². The van der Waals surface area contributed by atoms with Gasteiger partial charge in [0.05, 0.1) is 23.4 Å². The summed E-state index contributed by atoms with van der Waals surface area (Å²) in [6.07, 6.45) is 0. The molecule has 0 spiro atoms. The van der Waals surface area contributed by atoms with Crippen LogP contribution in [0.25, 0.3) is 0 Å². The molecule has 0 aliphatic heterocycles. The minimum atomic E-state index is -3.74. The summed E-state index contributed by atoms with van der Waals surface area (Å²) in [4.78, 5) is -0.00463. The second kappa shape index (κ2) is 6.02. The quantitative estimate of drug-likeness (QED) is 0.726. The van der Waals surface area contributed by atoms with Gasteiger partial charge >= 0.3 is 0 Å². The molecular formula is C14H17N3O3S. The highest BCUT2D eigenvalue weighted by Gasteiger charge is 2.09. The van der Waals surface area contributed by atoms with Crippen molar-refractivity contribution in [1.82, 2.24) is 0 Å². The molecule has 2 aromatic carbocycles. The number of nitrogens with one attached hydrogen (secondary N) is 1. The molecule has 0 aromatic heterocycles. The molecule has 112 valence electrons. The summed E-state index contributed by atoms with van der Waals surface area (Å²) in [6, 6.07) is 11.9. The number of hydrogen-bond donors (Lipinski definition) is 3. The Balaban J connectivity index is 2.09. The van der Waals surface area contributed by atoms with Gasteiger partial charge in [0.2, 0.25) is 10.0 Å². The lowest BCUT2D eigenvalue weighted by atomic mass is 10.2. The van der Waals surface area contributed by atoms with E-state index in [0.29, 0.717) is 17.9 Å². The summed E-state index contributed by atoms with van der Waals surface area (Å²) < 4.78 is 27.5. The highest BCUT2D eigenvalue weighted by molar-refractivity contribution is 7.89. The normalized spacial score (nSPS) is 11.1. The Hall–Kier alpha value is -2.25. The van der Waals surface area contributed by atoms with Crippen molar-refractivity contribution >= 4 is 21.4 Å². The van der Waals surface area contributed by atoms with Crippen LogP contribution in [0.15, 0.2) is 47.4 Å². The fourth-order valence-corrected chi connectivity index (χ4v) is 2.37. The average molecular weight is 307 g/mol. The van der Waals surface area contributed by atoms with Gasteiger partial charge in [0, 0.05) is 6.54 Å². The molecule has 0 atom stereocenters. The first kappa shape index (κ1) is 15.1. The Morgan fingerprint density at radius 1 is 1.14 bits per heavy atom. The number of rotatable bonds is 5. The Morgan fingerprint density at radius 2 is 1.81 bits per heavy atom. The molecule has 0 amide bonds. The maximum absolute atomic E-state index is 11.2. The predicted octanol–water partition coefficient (Wildman–Crippen LogP) is 1.54. The average Bonchev–Trinajstić information content (AvgIpc) is 2.45. The maximum Gasteiger partial charge on any atom is 0.238 e. The summed E-state index contributed by atoms with van der Waals surface area (Å²) in [5, 5.41) is 8.20. The van der Waals surface area contributed by atoms with Gasteiger partial charge in [0.1, 0.15) is 5.75 Å². The fourth-order valence-electron chi connectivity index (χ4n) is 1.82. The molecule has 0 saturated heterocycles. The second-order valence-corrected chi connectivity index (χ2v) is 6.06. The Morgan fingerprint density at radius 3 is 2.33 bits per heavy atom. The summed E-state index contributed by atoms with van der Waals surface area (Å²) >= 11 is 0. The van der Waals surface area contributed by atoms with Crippen LogP contribution in [-0.4, -0.2) is 15.5 Å². The molecule has 0 saturated carbocycles. The Labute approximate surface area is 123 Å². The van der Waals surface area contributed by atoms with E-state index in [9.17, 15) is 8.42 Å². The minimum Gasteiger partial charge on any atom is -0.497 e. The van der Waals surface area contributed by atoms with Crippen molar-refractivity contribution in [2.45, 2.75) is 11.4 Å². The number of nitrogen functional groups attached to an aromatic ring is 1. The number of primary sulfonamides is 1. The lowest BCUT2D eigenvalue weighted by molar-refractivity contribution is 0.414. The predicted molar refractivity (Wildman–Crippen MR) is 82.5 cm³/mol. The molecule has 0 radical (unpaired) electrons. The van der Waals surface area contributed by atoms with E-state index in [1.54, 1.807) is 13.2 Å². The van der Waals surface area contributed by atoms with E-state index >= 15 is 0 Å². The first-order chi connectivity index (χ1) is 9.90. The zero-order chi connectivity index (χ0) is 15.5. The van der Waals surface area contributed by atoms with Gasteiger partial charge in [0.15, 0.2) is 0 Å². The first-order valence-corrected chi connectivity index (χ1v) is 7.74. The lowest BCUT2D eigenvalue weighted by Crippen LogP contribution is -2.13. The molecule has 2 aromatic rings. The Kier molecular flexibility index (Phi) is 4.35. The van der Waals surface area contributed by atoms with Gasteiger partial charge in [-0.1, -0.05) is 12.1 Å². The number of sulfonamides is 1. The molecule has 7 heteroatoms. The molecule has 0 aliphatic rings. The molecule has 21 heavy (non-hydrogen) atoms. The maximum atomic E-state index is 11.2. The van der Waals surface area contributed by atoms with Crippen molar-refractivity contribution < 1.29 is 13.2 Å². The highest BCUT2D eigenvalue weighted by atomic mass is 32.2. The Bertz CT molecular complexity index is 728. The largest absolute Gasteiger partial charge is 0.497 e. The van der Waals surface area contributed by atoms with Gasteiger partial charge in [-0.3, -0.25) is 0 Å². The van der Waals surface area contributed by atoms with E-state index in [4.69, 9.17) is 15.6 Å². The van der Waals surface area contributed by atoms with Gasteiger partial charge in [-0.15, -0.1) is 0 Å². The molecular weight excluding hydrogens is 290 g/mol. The van der Waals surface area contributed by atoms with Gasteiger partial charge in [-0.05, 0) is 35.9 Å². The van der Waals surface area contributed by atoms with Crippen molar-refractivity contribution in [3.63, 3.8) is 0 Å². The van der Waals surface area contributed by atoms with Crippen molar-refractivity contribution in [2.24, 2.45) is 5.14 Å². The van der Waals surface area contributed by atoms with Crippen LogP contribution >= 0.6 is 0 Å². The number of anilines is 2. The minimum absolute atomic E-state index is 0.00463. The summed E-state index contributed by atoms with van der Waals surface area (Å²) in [7, 11) is -2.13. The van der Waals surface area contributed by atoms with Crippen LogP contribution in [0.5, 0.6) is 5.75 Å². The van der Waals surface area contributed by atoms with E-state index in [-0.39, 0.29) is 4.90 Å². The smallest absolute Gasteiger partial charge is 0.238 e. The highest BCUT2D eigenvalue weighted by Crippen LogP contribution is 2.22. The number of ether oxygens (including phenoxy) is 1. The van der Waals surface area contributed by atoms with E-state index in [2.05, 4.69) is 5.32 Å². The van der Waals surface area contributed by atoms with Crippen LogP contribution in [0.4, 0.5) is 11.4 Å². The number of hydrogen-bond acceptors (Lipinski definition) is 5. The summed E-state index contributed by atoms with van der Waals surface area (Å²) in [5.74, 6) is 0.788. The molecule has 0 aliphatic carbocycles. The second-order valence-electron chi connectivity index (χ2n) is 4.50. The monoisotopic (exact) mass is 307 g/mol. The molecule has 5 N–H and O–H groups in total. The topological polar surface area (TPSA) is 107 Å². The SMILES string of the molecule is COc1ccc(CNc2ccc(S(N)(=O)=O)cc2N)cc1. The third-order valence-electron chi connectivity index (χ3n) is 2.99. The number of benzene rings is 2. The van der Waals surface area contributed by atoms with E-state index in [1.807, 2.05) is 24.3 Å². The van der Waals surface area contributed by atoms with Crippen molar-refractivity contribution in [1.29, 1.82) is 0 Å². The van der Waals surface area contributed by atoms with Crippen molar-refractivity contribution in [3.8, 4) is 5.75 Å². The molecule has 0 fully saturated rings. The van der Waals surface area contributed by atoms with Crippen molar-refractivity contribution in [3.05, 3.63) is 48.0 Å². The van der Waals surface area contributed by atoms with Crippen LogP contribution < -0.4 is 20.9 Å². The van der Waals surface area contributed by atoms with Gasteiger partial charge in [-0.25, -0.2) is 13.6 Å². The summed E-state index contributed by atoms with van der Waals surface area (Å²) in [5.41, 5.74) is 7.85. The van der Waals surface area contributed by atoms with Crippen LogP contribution in [0, 0.1) is 0 Å². The van der Waals surface area contributed by atoms with Gasteiger partial charge < -0.3 is 15.8 Å². The molecule has 0 unspecified atom stereocenters. The zero-order valence-electron chi connectivity index (χ0n) is 11.5. The first-order valence-electron chi connectivity index (χ1n) is 6.19. The molecule has 2 rings (SSSR count).